The number of rotatable bonds is 3. The fourth-order valence-corrected chi connectivity index (χ4v) is 2.26. The van der Waals surface area contributed by atoms with Crippen molar-refractivity contribution in [3.63, 3.8) is 0 Å². The molecular formula is C15H9Cl3O. The molecule has 0 unspecified atom stereocenters. The van der Waals surface area contributed by atoms with Crippen LogP contribution < -0.4 is 0 Å². The van der Waals surface area contributed by atoms with Crippen LogP contribution in [0.2, 0.25) is 15.1 Å². The Hall–Kier alpha value is -1.28. The molecule has 0 heterocycles. The van der Waals surface area contributed by atoms with Gasteiger partial charge in [-0.15, -0.1) is 0 Å². The first-order valence-electron chi connectivity index (χ1n) is 5.50. The van der Waals surface area contributed by atoms with Crippen molar-refractivity contribution in [3.8, 4) is 0 Å². The average molecular weight is 312 g/mol. The molecule has 0 N–H and O–H groups in total. The Morgan fingerprint density at radius 1 is 0.947 bits per heavy atom. The molecule has 0 fully saturated rings. The highest BCUT2D eigenvalue weighted by Gasteiger charge is 2.07. The SMILES string of the molecule is O=C(/C=C/c1ccccc1Cl)c1ccc(Cl)cc1Cl. The Balaban J connectivity index is 2.24. The number of hydrogen-bond donors (Lipinski definition) is 0. The number of benzene rings is 2. The van der Waals surface area contributed by atoms with Gasteiger partial charge in [-0.1, -0.05) is 53.0 Å². The molecule has 0 aromatic heterocycles. The summed E-state index contributed by atoms with van der Waals surface area (Å²) in [4.78, 5) is 12.0. The number of carbonyl (C=O) groups excluding carboxylic acids is 1. The quantitative estimate of drug-likeness (QED) is 0.537. The Kier molecular flexibility index (Phi) is 4.65. The monoisotopic (exact) mass is 310 g/mol. The molecule has 0 amide bonds. The van der Waals surface area contributed by atoms with Crippen LogP contribution in [0.15, 0.2) is 48.5 Å². The fourth-order valence-electron chi connectivity index (χ4n) is 1.55. The van der Waals surface area contributed by atoms with E-state index in [1.54, 1.807) is 30.3 Å². The minimum Gasteiger partial charge on any atom is -0.289 e. The highest BCUT2D eigenvalue weighted by Crippen LogP contribution is 2.22. The summed E-state index contributed by atoms with van der Waals surface area (Å²) in [5.41, 5.74) is 1.19. The smallest absolute Gasteiger partial charge is 0.187 e. The molecule has 19 heavy (non-hydrogen) atoms. The van der Waals surface area contributed by atoms with Crippen LogP contribution in [-0.2, 0) is 0 Å². The van der Waals surface area contributed by atoms with Gasteiger partial charge in [-0.25, -0.2) is 0 Å². The molecule has 96 valence electrons. The summed E-state index contributed by atoms with van der Waals surface area (Å²) < 4.78 is 0. The van der Waals surface area contributed by atoms with Crippen LogP contribution in [0.25, 0.3) is 6.08 Å². The molecule has 0 aliphatic heterocycles. The summed E-state index contributed by atoms with van der Waals surface area (Å²) >= 11 is 17.8. The lowest BCUT2D eigenvalue weighted by Crippen LogP contribution is -1.95. The van der Waals surface area contributed by atoms with Crippen LogP contribution in [-0.4, -0.2) is 5.78 Å². The molecule has 2 aromatic carbocycles. The highest BCUT2D eigenvalue weighted by molar-refractivity contribution is 6.37. The Labute approximate surface area is 126 Å². The molecule has 2 rings (SSSR count). The van der Waals surface area contributed by atoms with Crippen LogP contribution in [0, 0.1) is 0 Å². The van der Waals surface area contributed by atoms with E-state index >= 15 is 0 Å². The van der Waals surface area contributed by atoms with Crippen molar-refractivity contribution < 1.29 is 4.79 Å². The van der Waals surface area contributed by atoms with Crippen LogP contribution in [0.3, 0.4) is 0 Å². The normalized spacial score (nSPS) is 10.9. The second-order valence-corrected chi connectivity index (χ2v) is 5.09. The lowest BCUT2D eigenvalue weighted by atomic mass is 10.1. The number of carbonyl (C=O) groups is 1. The molecular weight excluding hydrogens is 303 g/mol. The van der Waals surface area contributed by atoms with Crippen LogP contribution in [0.5, 0.6) is 0 Å². The predicted octanol–water partition coefficient (Wildman–Crippen LogP) is 5.54. The lowest BCUT2D eigenvalue weighted by molar-refractivity contribution is 0.104. The summed E-state index contributed by atoms with van der Waals surface area (Å²) in [6.07, 6.45) is 3.10. The van der Waals surface area contributed by atoms with E-state index in [2.05, 4.69) is 0 Å². The van der Waals surface area contributed by atoms with Crippen molar-refractivity contribution >= 4 is 46.7 Å². The molecule has 4 heteroatoms. The molecule has 0 bridgehead atoms. The van der Waals surface area contributed by atoms with E-state index in [-0.39, 0.29) is 5.78 Å². The van der Waals surface area contributed by atoms with Crippen LogP contribution >= 0.6 is 34.8 Å². The zero-order valence-electron chi connectivity index (χ0n) is 9.74. The molecule has 0 aliphatic rings. The van der Waals surface area contributed by atoms with Gasteiger partial charge in [0.2, 0.25) is 0 Å². The minimum atomic E-state index is -0.193. The van der Waals surface area contributed by atoms with E-state index < -0.39 is 0 Å². The van der Waals surface area contributed by atoms with Crippen molar-refractivity contribution in [2.45, 2.75) is 0 Å². The summed E-state index contributed by atoms with van der Waals surface area (Å²) in [6, 6.07) is 12.0. The maximum Gasteiger partial charge on any atom is 0.187 e. The van der Waals surface area contributed by atoms with Gasteiger partial charge in [-0.2, -0.15) is 0 Å². The Morgan fingerprint density at radius 2 is 1.68 bits per heavy atom. The number of hydrogen-bond acceptors (Lipinski definition) is 1. The van der Waals surface area contributed by atoms with E-state index in [9.17, 15) is 4.79 Å². The van der Waals surface area contributed by atoms with Crippen LogP contribution in [0.1, 0.15) is 15.9 Å². The first kappa shape index (κ1) is 14.1. The van der Waals surface area contributed by atoms with Crippen molar-refractivity contribution in [2.75, 3.05) is 0 Å². The molecule has 0 saturated carbocycles. The van der Waals surface area contributed by atoms with Crippen molar-refractivity contribution in [1.82, 2.24) is 0 Å². The maximum absolute atomic E-state index is 12.0. The average Bonchev–Trinajstić information content (AvgIpc) is 2.37. The van der Waals surface area contributed by atoms with Crippen molar-refractivity contribution in [1.29, 1.82) is 0 Å². The third kappa shape index (κ3) is 3.60. The predicted molar refractivity (Wildman–Crippen MR) is 81.3 cm³/mol. The second kappa shape index (κ2) is 6.25. The van der Waals surface area contributed by atoms with E-state index in [0.717, 1.165) is 5.56 Å². The first-order valence-corrected chi connectivity index (χ1v) is 6.63. The van der Waals surface area contributed by atoms with Gasteiger partial charge in [0.05, 0.1) is 5.02 Å². The largest absolute Gasteiger partial charge is 0.289 e. The number of halogens is 3. The molecule has 2 aromatic rings. The summed E-state index contributed by atoms with van der Waals surface area (Å²) in [5.74, 6) is -0.193. The molecule has 0 aliphatic carbocycles. The van der Waals surface area contributed by atoms with E-state index in [1.165, 1.54) is 6.08 Å². The van der Waals surface area contributed by atoms with Gasteiger partial charge in [-0.3, -0.25) is 4.79 Å². The lowest BCUT2D eigenvalue weighted by Gasteiger charge is -2.01. The van der Waals surface area contributed by atoms with Gasteiger partial charge < -0.3 is 0 Å². The van der Waals surface area contributed by atoms with Crippen molar-refractivity contribution in [3.05, 3.63) is 74.7 Å². The van der Waals surface area contributed by atoms with Gasteiger partial charge in [0.1, 0.15) is 0 Å². The highest BCUT2D eigenvalue weighted by atomic mass is 35.5. The van der Waals surface area contributed by atoms with E-state index in [1.807, 2.05) is 18.2 Å². The second-order valence-electron chi connectivity index (χ2n) is 3.84. The molecule has 0 radical (unpaired) electrons. The summed E-state index contributed by atoms with van der Waals surface area (Å²) in [6.45, 7) is 0. The molecule has 0 spiro atoms. The van der Waals surface area contributed by atoms with Gasteiger partial charge in [0.15, 0.2) is 5.78 Å². The minimum absolute atomic E-state index is 0.193. The number of allylic oxidation sites excluding steroid dienone is 1. The maximum atomic E-state index is 12.0. The summed E-state index contributed by atoms with van der Waals surface area (Å²) in [7, 11) is 0. The molecule has 0 atom stereocenters. The zero-order chi connectivity index (χ0) is 13.8. The van der Waals surface area contributed by atoms with Gasteiger partial charge in [0.25, 0.3) is 0 Å². The van der Waals surface area contributed by atoms with Gasteiger partial charge >= 0.3 is 0 Å². The Morgan fingerprint density at radius 3 is 2.37 bits per heavy atom. The van der Waals surface area contributed by atoms with E-state index in [4.69, 9.17) is 34.8 Å². The standard InChI is InChI=1S/C15H9Cl3O/c16-11-6-7-12(14(18)9-11)15(19)8-5-10-3-1-2-4-13(10)17/h1-9H/b8-5+. The summed E-state index contributed by atoms with van der Waals surface area (Å²) in [5, 5.41) is 1.42. The first-order chi connectivity index (χ1) is 9.08. The van der Waals surface area contributed by atoms with Gasteiger partial charge in [0, 0.05) is 15.6 Å². The zero-order valence-corrected chi connectivity index (χ0v) is 12.0. The van der Waals surface area contributed by atoms with Crippen LogP contribution in [0.4, 0.5) is 0 Å². The van der Waals surface area contributed by atoms with Crippen molar-refractivity contribution in [2.24, 2.45) is 0 Å². The fraction of sp³-hybridized carbons (Fsp3) is 0. The topological polar surface area (TPSA) is 17.1 Å². The molecule has 1 nitrogen and oxygen atoms in total. The third-order valence-corrected chi connectivity index (χ3v) is 3.41. The molecule has 0 saturated heterocycles. The third-order valence-electron chi connectivity index (χ3n) is 2.52. The Bertz CT molecular complexity index is 648. The van der Waals surface area contributed by atoms with E-state index in [0.29, 0.717) is 20.6 Å². The van der Waals surface area contributed by atoms with Gasteiger partial charge in [-0.05, 0) is 42.0 Å². The number of ketones is 1.